The van der Waals surface area contributed by atoms with E-state index in [1.54, 1.807) is 25.1 Å². The van der Waals surface area contributed by atoms with Crippen LogP contribution in [0.15, 0.2) is 30.3 Å². The number of hydrogen-bond acceptors (Lipinski definition) is 8. The van der Waals surface area contributed by atoms with Gasteiger partial charge in [-0.1, -0.05) is 30.3 Å². The average Bonchev–Trinajstić information content (AvgIpc) is 2.83. The number of carbonyl (C=O) groups excluding carboxylic acids is 6. The van der Waals surface area contributed by atoms with Crippen molar-refractivity contribution in [1.29, 1.82) is 0 Å². The molecule has 0 saturated carbocycles. The second-order valence-electron chi connectivity index (χ2n) is 7.95. The fourth-order valence-corrected chi connectivity index (χ4v) is 4.91. The molecule has 0 bridgehead atoms. The van der Waals surface area contributed by atoms with Crippen LogP contribution < -0.4 is 16.0 Å². The van der Waals surface area contributed by atoms with Gasteiger partial charge in [-0.2, -0.15) is 8.42 Å². The van der Waals surface area contributed by atoms with Crippen molar-refractivity contribution in [2.45, 2.75) is 31.6 Å². The van der Waals surface area contributed by atoms with Gasteiger partial charge in [0.15, 0.2) is 0 Å². The summed E-state index contributed by atoms with van der Waals surface area (Å²) in [5.41, 5.74) is -2.04. The van der Waals surface area contributed by atoms with Gasteiger partial charge in [0.2, 0.25) is 18.0 Å². The number of carbonyl (C=O) groups is 6. The van der Waals surface area contributed by atoms with Crippen molar-refractivity contribution >= 4 is 46.4 Å². The highest BCUT2D eigenvalue weighted by Gasteiger charge is 2.64. The Morgan fingerprint density at radius 1 is 1.17 bits per heavy atom. The van der Waals surface area contributed by atoms with E-state index >= 15 is 0 Å². The molecule has 16 heteroatoms. The third-order valence-electron chi connectivity index (χ3n) is 5.97. The van der Waals surface area contributed by atoms with Crippen molar-refractivity contribution < 1.29 is 41.7 Å². The highest BCUT2D eigenvalue weighted by molar-refractivity contribution is 7.84. The van der Waals surface area contributed by atoms with E-state index in [-0.39, 0.29) is 35.9 Å². The zero-order valence-electron chi connectivity index (χ0n) is 19.2. The number of β-lactam (4-membered cyclic amide) rings is 1. The predicted molar refractivity (Wildman–Crippen MR) is 120 cm³/mol. The Hall–Kier alpha value is -4.05. The zero-order chi connectivity index (χ0) is 26.8. The molecular weight excluding hydrogens is 500 g/mol. The Bertz CT molecular complexity index is 1210. The van der Waals surface area contributed by atoms with E-state index < -0.39 is 57.7 Å². The molecule has 0 radical (unpaired) electrons. The summed E-state index contributed by atoms with van der Waals surface area (Å²) >= 11 is 0. The zero-order valence-corrected chi connectivity index (χ0v) is 20.0. The lowest BCUT2D eigenvalue weighted by atomic mass is 9.90. The molecule has 2 fully saturated rings. The fourth-order valence-electron chi connectivity index (χ4n) is 4.00. The minimum Gasteiger partial charge on any atom is -0.333 e. The maximum atomic E-state index is 13.3. The van der Waals surface area contributed by atoms with Crippen LogP contribution >= 0.6 is 0 Å². The summed E-state index contributed by atoms with van der Waals surface area (Å²) in [5.74, 6) is -4.36. The molecule has 1 aromatic carbocycles. The fraction of sp³-hybridized carbons (Fsp3) is 0.400. The van der Waals surface area contributed by atoms with Crippen molar-refractivity contribution in [3.8, 4) is 0 Å². The molecule has 4 N–H and O–H groups in total. The summed E-state index contributed by atoms with van der Waals surface area (Å²) in [6.45, 7) is 3.07. The number of likely N-dealkylation sites (N-methyl/N-ethyl adjacent to an activating group) is 1. The lowest BCUT2D eigenvalue weighted by molar-refractivity contribution is -0.160. The van der Waals surface area contributed by atoms with Crippen LogP contribution in [0.1, 0.15) is 25.5 Å². The third-order valence-corrected chi connectivity index (χ3v) is 6.95. The van der Waals surface area contributed by atoms with Crippen molar-refractivity contribution in [2.75, 3.05) is 19.6 Å². The molecule has 2 aliphatic rings. The van der Waals surface area contributed by atoms with Gasteiger partial charge < -0.3 is 20.9 Å². The second-order valence-corrected chi connectivity index (χ2v) is 9.24. The van der Waals surface area contributed by atoms with Gasteiger partial charge >= 0.3 is 28.1 Å². The summed E-state index contributed by atoms with van der Waals surface area (Å²) in [5, 5.41) is 6.65. The van der Waals surface area contributed by atoms with Crippen LogP contribution in [-0.4, -0.2) is 94.5 Å². The number of nitrogens with one attached hydrogen (secondary N) is 3. The number of imide groups is 1. The highest BCUT2D eigenvalue weighted by atomic mass is 32.2. The van der Waals surface area contributed by atoms with Gasteiger partial charge in [-0.15, -0.1) is 0 Å². The maximum absolute atomic E-state index is 13.3. The number of piperazine rings is 1. The molecule has 0 spiro atoms. The Morgan fingerprint density at radius 3 is 2.33 bits per heavy atom. The molecule has 0 aliphatic carbocycles. The number of amides is 7. The lowest BCUT2D eigenvalue weighted by Gasteiger charge is -2.51. The first-order valence-corrected chi connectivity index (χ1v) is 12.1. The molecule has 1 aromatic rings. The number of rotatable bonds is 8. The minimum atomic E-state index is -4.99. The van der Waals surface area contributed by atoms with E-state index in [2.05, 4.69) is 16.0 Å². The summed E-state index contributed by atoms with van der Waals surface area (Å²) in [6.07, 6.45) is 0.0591. The van der Waals surface area contributed by atoms with E-state index in [0.717, 1.165) is 6.92 Å². The summed E-state index contributed by atoms with van der Waals surface area (Å²) in [7, 11) is -4.99. The molecule has 7 amide bonds. The second kappa shape index (κ2) is 9.90. The SMILES string of the molecule is CCN1CCN(C(=O)NC(C(=O)NC2(NC=O)C(=O)N(S(=O)(=O)O)C2C)c2ccccc2)C(=O)C1=O. The molecule has 2 heterocycles. The quantitative estimate of drug-likeness (QED) is 0.0950. The highest BCUT2D eigenvalue weighted by Crippen LogP contribution is 2.31. The van der Waals surface area contributed by atoms with Gasteiger partial charge in [0.05, 0.1) is 6.04 Å². The van der Waals surface area contributed by atoms with Gasteiger partial charge in [0, 0.05) is 19.6 Å². The first-order chi connectivity index (χ1) is 16.9. The molecule has 194 valence electrons. The molecule has 2 aliphatic heterocycles. The molecule has 3 unspecified atom stereocenters. The van der Waals surface area contributed by atoms with Crippen molar-refractivity contribution in [3.05, 3.63) is 35.9 Å². The number of urea groups is 1. The van der Waals surface area contributed by atoms with Crippen LogP contribution in [0, 0.1) is 0 Å². The summed E-state index contributed by atoms with van der Waals surface area (Å²) in [6, 6.07) is 3.63. The van der Waals surface area contributed by atoms with Gasteiger partial charge in [0.25, 0.3) is 5.91 Å². The van der Waals surface area contributed by atoms with Gasteiger partial charge in [0.1, 0.15) is 6.04 Å². The minimum absolute atomic E-state index is 0.0591. The van der Waals surface area contributed by atoms with E-state index in [4.69, 9.17) is 0 Å². The normalized spacial score (nSPS) is 23.0. The standard InChI is InChI=1S/C20H24N6O9S/c1-3-24-9-10-25(17(30)16(24)29)19(32)22-14(13-7-5-4-6-8-13)15(28)23-20(21-11-27)12(2)26(18(20)31)36(33,34)35/h4-8,11-12,14H,3,9-10H2,1-2H3,(H,21,27)(H,22,32)(H,23,28)(H,33,34,35). The molecule has 3 atom stereocenters. The third kappa shape index (κ3) is 4.59. The smallest absolute Gasteiger partial charge is 0.333 e. The van der Waals surface area contributed by atoms with Crippen LogP contribution in [0.2, 0.25) is 0 Å². The van der Waals surface area contributed by atoms with E-state index in [9.17, 15) is 41.7 Å². The van der Waals surface area contributed by atoms with E-state index in [1.807, 2.05) is 0 Å². The average molecular weight is 525 g/mol. The largest absolute Gasteiger partial charge is 0.362 e. The first kappa shape index (κ1) is 26.6. The number of nitrogens with zero attached hydrogens (tertiary/aromatic N) is 3. The monoisotopic (exact) mass is 524 g/mol. The molecule has 36 heavy (non-hydrogen) atoms. The molecule has 0 aromatic heterocycles. The Labute approximate surface area is 205 Å². The summed E-state index contributed by atoms with van der Waals surface area (Å²) < 4.78 is 32.3. The molecule has 3 rings (SSSR count). The van der Waals surface area contributed by atoms with E-state index in [1.165, 1.54) is 17.0 Å². The van der Waals surface area contributed by atoms with Crippen LogP contribution in [0.4, 0.5) is 4.79 Å². The number of benzene rings is 1. The topological polar surface area (TPSA) is 203 Å². The maximum Gasteiger partial charge on any atom is 0.362 e. The predicted octanol–water partition coefficient (Wildman–Crippen LogP) is -2.28. The Morgan fingerprint density at radius 2 is 1.81 bits per heavy atom. The van der Waals surface area contributed by atoms with Gasteiger partial charge in [-0.25, -0.2) is 9.10 Å². The number of hydrogen-bond donors (Lipinski definition) is 4. The van der Waals surface area contributed by atoms with Gasteiger partial charge in [-0.05, 0) is 19.4 Å². The van der Waals surface area contributed by atoms with Crippen LogP contribution in [0.25, 0.3) is 0 Å². The van der Waals surface area contributed by atoms with Crippen LogP contribution in [0.3, 0.4) is 0 Å². The van der Waals surface area contributed by atoms with Gasteiger partial charge in [-0.3, -0.25) is 33.4 Å². The van der Waals surface area contributed by atoms with Crippen LogP contribution in [0.5, 0.6) is 0 Å². The van der Waals surface area contributed by atoms with Crippen molar-refractivity contribution in [1.82, 2.24) is 30.1 Å². The lowest BCUT2D eigenvalue weighted by Crippen LogP contribution is -2.85. The first-order valence-electron chi connectivity index (χ1n) is 10.7. The molecule has 15 nitrogen and oxygen atoms in total. The molecular formula is C20H24N6O9S. The molecule has 2 saturated heterocycles. The Balaban J connectivity index is 1.88. The van der Waals surface area contributed by atoms with E-state index in [0.29, 0.717) is 4.90 Å². The van der Waals surface area contributed by atoms with Crippen molar-refractivity contribution in [2.24, 2.45) is 0 Å². The summed E-state index contributed by atoms with van der Waals surface area (Å²) in [4.78, 5) is 76.5. The van der Waals surface area contributed by atoms with Crippen molar-refractivity contribution in [3.63, 3.8) is 0 Å². The van der Waals surface area contributed by atoms with Crippen LogP contribution in [-0.2, 0) is 34.3 Å². The Kier molecular flexibility index (Phi) is 7.30.